The largest absolute Gasteiger partial charge is 0.323 e. The second-order valence-corrected chi connectivity index (χ2v) is 6.34. The van der Waals surface area contributed by atoms with Gasteiger partial charge < -0.3 is 10.2 Å². The van der Waals surface area contributed by atoms with E-state index in [0.717, 1.165) is 29.7 Å². The highest BCUT2D eigenvalue weighted by Gasteiger charge is 2.21. The molecule has 0 saturated carbocycles. The maximum Gasteiger partial charge on any atom is 0.279 e. The minimum atomic E-state index is 0.0757. The number of amides is 1. The van der Waals surface area contributed by atoms with Gasteiger partial charge in [-0.05, 0) is 29.8 Å². The Balaban J connectivity index is 1.57. The van der Waals surface area contributed by atoms with Crippen LogP contribution in [-0.2, 0) is 17.8 Å². The van der Waals surface area contributed by atoms with Crippen LogP contribution in [0.4, 0.5) is 5.69 Å². The van der Waals surface area contributed by atoms with Crippen LogP contribution in [0.25, 0.3) is 0 Å². The van der Waals surface area contributed by atoms with Crippen molar-refractivity contribution in [3.8, 4) is 0 Å². The quantitative estimate of drug-likeness (QED) is 0.876. The number of quaternary nitrogens is 1. The van der Waals surface area contributed by atoms with Crippen LogP contribution >= 0.6 is 15.9 Å². The number of hydrogen-bond donors (Lipinski definition) is 2. The third-order valence-corrected chi connectivity index (χ3v) is 4.37. The topological polar surface area (TPSA) is 33.5 Å². The molecule has 0 aliphatic carbocycles. The van der Waals surface area contributed by atoms with Crippen LogP contribution in [0.2, 0.25) is 0 Å². The Morgan fingerprint density at radius 1 is 1.10 bits per heavy atom. The van der Waals surface area contributed by atoms with E-state index in [4.69, 9.17) is 0 Å². The Hall–Kier alpha value is -1.65. The maximum atomic E-state index is 12.1. The number of hydrogen-bond acceptors (Lipinski definition) is 1. The van der Waals surface area contributed by atoms with Gasteiger partial charge in [-0.1, -0.05) is 40.2 Å². The van der Waals surface area contributed by atoms with E-state index in [1.165, 1.54) is 16.0 Å². The molecular weight excluding hydrogens is 328 g/mol. The van der Waals surface area contributed by atoms with E-state index in [0.29, 0.717) is 6.54 Å². The van der Waals surface area contributed by atoms with E-state index in [9.17, 15) is 4.79 Å². The van der Waals surface area contributed by atoms with E-state index < -0.39 is 0 Å². The van der Waals surface area contributed by atoms with Crippen molar-refractivity contribution in [2.75, 3.05) is 18.4 Å². The van der Waals surface area contributed by atoms with Gasteiger partial charge in [0.1, 0.15) is 6.54 Å². The first kappa shape index (κ1) is 14.3. The van der Waals surface area contributed by atoms with Gasteiger partial charge in [0.05, 0.1) is 6.54 Å². The predicted molar refractivity (Wildman–Crippen MR) is 87.3 cm³/mol. The molecule has 0 saturated heterocycles. The molecule has 108 valence electrons. The molecule has 0 bridgehead atoms. The van der Waals surface area contributed by atoms with Crippen LogP contribution in [0, 0.1) is 0 Å². The van der Waals surface area contributed by atoms with Gasteiger partial charge in [-0.3, -0.25) is 4.79 Å². The molecular formula is C17H18BrN2O+. The number of rotatable bonds is 3. The lowest BCUT2D eigenvalue weighted by Gasteiger charge is -2.25. The second-order valence-electron chi connectivity index (χ2n) is 5.43. The number of nitrogens with one attached hydrogen (secondary N) is 2. The van der Waals surface area contributed by atoms with Crippen molar-refractivity contribution in [3.05, 3.63) is 64.1 Å². The van der Waals surface area contributed by atoms with E-state index >= 15 is 0 Å². The summed E-state index contributed by atoms with van der Waals surface area (Å²) < 4.78 is 1.01. The number of fused-ring (bicyclic) bond motifs is 1. The molecule has 0 aromatic heterocycles. The number of carbonyl (C=O) groups excluding carboxylic acids is 1. The van der Waals surface area contributed by atoms with Crippen LogP contribution < -0.4 is 10.2 Å². The molecule has 0 spiro atoms. The van der Waals surface area contributed by atoms with Crippen molar-refractivity contribution < 1.29 is 9.69 Å². The number of carbonyl (C=O) groups is 1. The first-order valence-corrected chi connectivity index (χ1v) is 7.96. The summed E-state index contributed by atoms with van der Waals surface area (Å²) in [4.78, 5) is 13.5. The maximum absolute atomic E-state index is 12.1. The van der Waals surface area contributed by atoms with Gasteiger partial charge in [0.25, 0.3) is 5.91 Å². The summed E-state index contributed by atoms with van der Waals surface area (Å²) in [5.41, 5.74) is 3.64. The van der Waals surface area contributed by atoms with E-state index in [1.807, 2.05) is 24.3 Å². The second kappa shape index (κ2) is 6.41. The van der Waals surface area contributed by atoms with Gasteiger partial charge in [-0.15, -0.1) is 0 Å². The Morgan fingerprint density at radius 3 is 2.57 bits per heavy atom. The molecule has 0 radical (unpaired) electrons. The van der Waals surface area contributed by atoms with Crippen LogP contribution in [-0.4, -0.2) is 19.0 Å². The molecule has 1 aliphatic heterocycles. The Morgan fingerprint density at radius 2 is 1.81 bits per heavy atom. The molecule has 3 rings (SSSR count). The Bertz CT molecular complexity index is 639. The fourth-order valence-electron chi connectivity index (χ4n) is 2.76. The molecule has 3 nitrogen and oxygen atoms in total. The lowest BCUT2D eigenvalue weighted by atomic mass is 10.00. The zero-order valence-corrected chi connectivity index (χ0v) is 13.3. The number of benzene rings is 2. The predicted octanol–water partition coefficient (Wildman–Crippen LogP) is 2.03. The summed E-state index contributed by atoms with van der Waals surface area (Å²) in [6, 6.07) is 16.2. The molecule has 2 aromatic carbocycles. The summed E-state index contributed by atoms with van der Waals surface area (Å²) in [6.07, 6.45) is 1.05. The molecule has 1 atom stereocenters. The van der Waals surface area contributed by atoms with Gasteiger partial charge in [-0.25, -0.2) is 0 Å². The van der Waals surface area contributed by atoms with Gasteiger partial charge in [0, 0.05) is 22.1 Å². The Kier molecular flexibility index (Phi) is 4.36. The minimum Gasteiger partial charge on any atom is -0.323 e. The zero-order valence-electron chi connectivity index (χ0n) is 11.7. The SMILES string of the molecule is O=C(C[NH+]1CCc2ccccc2C1)Nc1ccc(Br)cc1. The van der Waals surface area contributed by atoms with E-state index in [1.54, 1.807) is 0 Å². The van der Waals surface area contributed by atoms with Crippen LogP contribution in [0.1, 0.15) is 11.1 Å². The third kappa shape index (κ3) is 3.71. The fraction of sp³-hybridized carbons (Fsp3) is 0.235. The average Bonchev–Trinajstić information content (AvgIpc) is 2.49. The van der Waals surface area contributed by atoms with Crippen molar-refractivity contribution in [3.63, 3.8) is 0 Å². The first-order chi connectivity index (χ1) is 10.2. The van der Waals surface area contributed by atoms with Crippen LogP contribution in [0.5, 0.6) is 0 Å². The minimum absolute atomic E-state index is 0.0757. The smallest absolute Gasteiger partial charge is 0.279 e. The van der Waals surface area contributed by atoms with Crippen LogP contribution in [0.15, 0.2) is 53.0 Å². The Labute approximate surface area is 133 Å². The fourth-order valence-corrected chi connectivity index (χ4v) is 3.02. The standard InChI is InChI=1S/C17H17BrN2O/c18-15-5-7-16(8-6-15)19-17(21)12-20-10-9-13-3-1-2-4-14(13)11-20/h1-8H,9-12H2,(H,19,21)/p+1. The first-order valence-electron chi connectivity index (χ1n) is 7.16. The lowest BCUT2D eigenvalue weighted by Crippen LogP contribution is -3.12. The van der Waals surface area contributed by atoms with Crippen LogP contribution in [0.3, 0.4) is 0 Å². The van der Waals surface area contributed by atoms with E-state index in [-0.39, 0.29) is 5.91 Å². The summed E-state index contributed by atoms with van der Waals surface area (Å²) in [5.74, 6) is 0.0757. The molecule has 2 aromatic rings. The highest BCUT2D eigenvalue weighted by Crippen LogP contribution is 2.14. The molecule has 2 N–H and O–H groups in total. The molecule has 0 fully saturated rings. The van der Waals surface area contributed by atoms with Crippen molar-refractivity contribution in [2.24, 2.45) is 0 Å². The third-order valence-electron chi connectivity index (χ3n) is 3.85. The highest BCUT2D eigenvalue weighted by atomic mass is 79.9. The van der Waals surface area contributed by atoms with Crippen molar-refractivity contribution >= 4 is 27.5 Å². The van der Waals surface area contributed by atoms with Gasteiger partial charge in [-0.2, -0.15) is 0 Å². The van der Waals surface area contributed by atoms with Gasteiger partial charge in [0.15, 0.2) is 6.54 Å². The lowest BCUT2D eigenvalue weighted by molar-refractivity contribution is -0.907. The number of anilines is 1. The monoisotopic (exact) mass is 345 g/mol. The molecule has 21 heavy (non-hydrogen) atoms. The highest BCUT2D eigenvalue weighted by molar-refractivity contribution is 9.10. The average molecular weight is 346 g/mol. The van der Waals surface area contributed by atoms with Crippen molar-refractivity contribution in [1.82, 2.24) is 0 Å². The summed E-state index contributed by atoms with van der Waals surface area (Å²) in [6.45, 7) is 2.47. The van der Waals surface area contributed by atoms with E-state index in [2.05, 4.69) is 45.5 Å². The number of halogens is 1. The molecule has 1 unspecified atom stereocenters. The summed E-state index contributed by atoms with van der Waals surface area (Å²) in [5, 5.41) is 2.96. The molecule has 1 heterocycles. The van der Waals surface area contributed by atoms with Gasteiger partial charge >= 0.3 is 0 Å². The summed E-state index contributed by atoms with van der Waals surface area (Å²) >= 11 is 3.39. The normalized spacial score (nSPS) is 17.1. The zero-order chi connectivity index (χ0) is 14.7. The molecule has 1 aliphatic rings. The van der Waals surface area contributed by atoms with Gasteiger partial charge in [0.2, 0.25) is 0 Å². The molecule has 1 amide bonds. The van der Waals surface area contributed by atoms with Crippen molar-refractivity contribution in [2.45, 2.75) is 13.0 Å². The van der Waals surface area contributed by atoms with Crippen molar-refractivity contribution in [1.29, 1.82) is 0 Å². The summed E-state index contributed by atoms with van der Waals surface area (Å²) in [7, 11) is 0. The molecule has 4 heteroatoms.